The van der Waals surface area contributed by atoms with Gasteiger partial charge in [0.05, 0.1) is 17.7 Å². The number of amides is 1. The Labute approximate surface area is 208 Å². The molecule has 3 aromatic carbocycles. The highest BCUT2D eigenvalue weighted by molar-refractivity contribution is 7.92. The fourth-order valence-electron chi connectivity index (χ4n) is 4.57. The summed E-state index contributed by atoms with van der Waals surface area (Å²) in [5.74, 6) is 0.721. The van der Waals surface area contributed by atoms with Gasteiger partial charge in [-0.05, 0) is 67.5 Å². The first-order valence-corrected chi connectivity index (χ1v) is 13.4. The van der Waals surface area contributed by atoms with Gasteiger partial charge in [0.15, 0.2) is 0 Å². The molecule has 0 N–H and O–H groups in total. The van der Waals surface area contributed by atoms with Crippen molar-refractivity contribution in [2.75, 3.05) is 31.0 Å². The van der Waals surface area contributed by atoms with E-state index in [0.717, 1.165) is 24.8 Å². The van der Waals surface area contributed by atoms with Crippen LogP contribution in [0.25, 0.3) is 0 Å². The molecule has 0 atom stereocenters. The van der Waals surface area contributed by atoms with Gasteiger partial charge < -0.3 is 9.64 Å². The van der Waals surface area contributed by atoms with Gasteiger partial charge in [-0.3, -0.25) is 9.10 Å². The molecular weight excluding hydrogens is 460 g/mol. The lowest BCUT2D eigenvalue weighted by atomic mass is 9.90. The number of anilines is 1. The van der Waals surface area contributed by atoms with Crippen LogP contribution in [0.2, 0.25) is 0 Å². The summed E-state index contributed by atoms with van der Waals surface area (Å²) in [6.45, 7) is 2.86. The standard InChI is InChI=1S/C28H32N2O4S/c1-22-13-14-27(34-2)26(19-22)30(35(32,33)25-11-7-4-8-12-25)21-28(31)29-17-15-24(16-18-29)20-23-9-5-3-6-10-23/h3-14,19,24H,15-18,20-21H2,1-2H3. The Kier molecular flexibility index (Phi) is 7.76. The van der Waals surface area contributed by atoms with E-state index in [1.807, 2.05) is 19.1 Å². The Morgan fingerprint density at radius 1 is 0.971 bits per heavy atom. The molecule has 6 nitrogen and oxygen atoms in total. The minimum Gasteiger partial charge on any atom is -0.495 e. The molecule has 4 rings (SSSR count). The number of rotatable bonds is 8. The number of aryl methyl sites for hydroxylation is 1. The molecule has 1 aliphatic rings. The van der Waals surface area contributed by atoms with E-state index in [1.54, 1.807) is 47.4 Å². The third kappa shape index (κ3) is 5.85. The number of benzene rings is 3. The number of hydrogen-bond donors (Lipinski definition) is 0. The van der Waals surface area contributed by atoms with Crippen LogP contribution >= 0.6 is 0 Å². The lowest BCUT2D eigenvalue weighted by Crippen LogP contribution is -2.46. The van der Waals surface area contributed by atoms with Crippen molar-refractivity contribution in [1.29, 1.82) is 0 Å². The highest BCUT2D eigenvalue weighted by Crippen LogP contribution is 2.33. The van der Waals surface area contributed by atoms with Gasteiger partial charge in [-0.2, -0.15) is 0 Å². The quantitative estimate of drug-likeness (QED) is 0.458. The predicted octanol–water partition coefficient (Wildman–Crippen LogP) is 4.68. The highest BCUT2D eigenvalue weighted by atomic mass is 32.2. The summed E-state index contributed by atoms with van der Waals surface area (Å²) in [4.78, 5) is 15.3. The van der Waals surface area contributed by atoms with Crippen LogP contribution in [0.15, 0.2) is 83.8 Å². The van der Waals surface area contributed by atoms with Crippen molar-refractivity contribution in [3.8, 4) is 5.75 Å². The zero-order valence-corrected chi connectivity index (χ0v) is 21.1. The highest BCUT2D eigenvalue weighted by Gasteiger charge is 2.32. The van der Waals surface area contributed by atoms with E-state index in [4.69, 9.17) is 4.74 Å². The van der Waals surface area contributed by atoms with E-state index in [2.05, 4.69) is 24.3 Å². The second-order valence-corrected chi connectivity index (χ2v) is 10.9. The van der Waals surface area contributed by atoms with Crippen molar-refractivity contribution in [3.05, 3.63) is 90.0 Å². The zero-order chi connectivity index (χ0) is 24.8. The zero-order valence-electron chi connectivity index (χ0n) is 20.3. The first-order valence-electron chi connectivity index (χ1n) is 11.9. The van der Waals surface area contributed by atoms with Gasteiger partial charge in [-0.15, -0.1) is 0 Å². The summed E-state index contributed by atoms with van der Waals surface area (Å²) in [6, 6.07) is 23.9. The minimum atomic E-state index is -3.98. The normalized spacial score (nSPS) is 14.5. The van der Waals surface area contributed by atoms with Gasteiger partial charge in [-0.1, -0.05) is 54.6 Å². The van der Waals surface area contributed by atoms with Crippen LogP contribution in [0.3, 0.4) is 0 Å². The van der Waals surface area contributed by atoms with Crippen LogP contribution in [-0.2, 0) is 21.2 Å². The number of carbonyl (C=O) groups excluding carboxylic acids is 1. The van der Waals surface area contributed by atoms with Crippen LogP contribution < -0.4 is 9.04 Å². The maximum Gasteiger partial charge on any atom is 0.264 e. The first-order chi connectivity index (χ1) is 16.9. The number of sulfonamides is 1. The smallest absolute Gasteiger partial charge is 0.264 e. The summed E-state index contributed by atoms with van der Waals surface area (Å²) in [7, 11) is -2.48. The molecule has 0 aliphatic carbocycles. The van der Waals surface area contributed by atoms with Crippen LogP contribution in [0.4, 0.5) is 5.69 Å². The van der Waals surface area contributed by atoms with Crippen LogP contribution in [-0.4, -0.2) is 46.0 Å². The Morgan fingerprint density at radius 2 is 1.60 bits per heavy atom. The average molecular weight is 493 g/mol. The van der Waals surface area contributed by atoms with E-state index >= 15 is 0 Å². The van der Waals surface area contributed by atoms with Crippen molar-refractivity contribution in [2.24, 2.45) is 5.92 Å². The predicted molar refractivity (Wildman–Crippen MR) is 138 cm³/mol. The lowest BCUT2D eigenvalue weighted by molar-refractivity contribution is -0.130. The van der Waals surface area contributed by atoms with Gasteiger partial charge >= 0.3 is 0 Å². The maximum absolute atomic E-state index is 13.7. The average Bonchev–Trinajstić information content (AvgIpc) is 2.88. The summed E-state index contributed by atoms with van der Waals surface area (Å²) in [5.41, 5.74) is 2.55. The minimum absolute atomic E-state index is 0.137. The fourth-order valence-corrected chi connectivity index (χ4v) is 6.01. The number of nitrogens with zero attached hydrogens (tertiary/aromatic N) is 2. The first kappa shape index (κ1) is 24.8. The number of piperidine rings is 1. The maximum atomic E-state index is 13.7. The van der Waals surface area contributed by atoms with Gasteiger partial charge in [0.1, 0.15) is 12.3 Å². The molecule has 1 amide bonds. The molecule has 0 saturated carbocycles. The van der Waals surface area contributed by atoms with E-state index < -0.39 is 10.0 Å². The van der Waals surface area contributed by atoms with Crippen molar-refractivity contribution < 1.29 is 17.9 Å². The Balaban J connectivity index is 1.54. The lowest BCUT2D eigenvalue weighted by Gasteiger charge is -2.34. The monoisotopic (exact) mass is 492 g/mol. The van der Waals surface area contributed by atoms with Gasteiger partial charge in [0.2, 0.25) is 5.91 Å². The van der Waals surface area contributed by atoms with Crippen LogP contribution in [0, 0.1) is 12.8 Å². The molecule has 1 saturated heterocycles. The molecule has 1 fully saturated rings. The van der Waals surface area contributed by atoms with Crippen molar-refractivity contribution in [1.82, 2.24) is 4.90 Å². The molecule has 1 aliphatic heterocycles. The molecule has 0 spiro atoms. The van der Waals surface area contributed by atoms with E-state index in [9.17, 15) is 13.2 Å². The van der Waals surface area contributed by atoms with E-state index in [1.165, 1.54) is 17.0 Å². The third-order valence-electron chi connectivity index (χ3n) is 6.55. The summed E-state index contributed by atoms with van der Waals surface area (Å²) in [6.07, 6.45) is 2.80. The largest absolute Gasteiger partial charge is 0.495 e. The van der Waals surface area contributed by atoms with Gasteiger partial charge in [0.25, 0.3) is 10.0 Å². The van der Waals surface area contributed by atoms with Crippen LogP contribution in [0.1, 0.15) is 24.0 Å². The van der Waals surface area contributed by atoms with Crippen molar-refractivity contribution in [2.45, 2.75) is 31.1 Å². The van der Waals surface area contributed by atoms with Gasteiger partial charge in [0, 0.05) is 13.1 Å². The summed E-state index contributed by atoms with van der Waals surface area (Å²) in [5, 5.41) is 0. The molecule has 3 aromatic rings. The molecular formula is C28H32N2O4S. The number of hydrogen-bond acceptors (Lipinski definition) is 4. The topological polar surface area (TPSA) is 66.9 Å². The molecule has 0 aromatic heterocycles. The van der Waals surface area contributed by atoms with Crippen molar-refractivity contribution in [3.63, 3.8) is 0 Å². The fraction of sp³-hybridized carbons (Fsp3) is 0.321. The third-order valence-corrected chi connectivity index (χ3v) is 8.32. The second-order valence-electron chi connectivity index (χ2n) is 9.01. The molecule has 0 bridgehead atoms. The molecule has 0 radical (unpaired) electrons. The van der Waals surface area contributed by atoms with Crippen molar-refractivity contribution >= 4 is 21.6 Å². The molecule has 0 unspecified atom stereocenters. The van der Waals surface area contributed by atoms with E-state index in [-0.39, 0.29) is 17.3 Å². The SMILES string of the molecule is COc1ccc(C)cc1N(CC(=O)N1CCC(Cc2ccccc2)CC1)S(=O)(=O)c1ccccc1. The molecule has 184 valence electrons. The number of ether oxygens (including phenoxy) is 1. The number of likely N-dealkylation sites (tertiary alicyclic amines) is 1. The molecule has 7 heteroatoms. The molecule has 35 heavy (non-hydrogen) atoms. The Hall–Kier alpha value is -3.32. The second kappa shape index (κ2) is 11.0. The number of carbonyl (C=O) groups is 1. The molecule has 1 heterocycles. The van der Waals surface area contributed by atoms with E-state index in [0.29, 0.717) is 30.4 Å². The van der Waals surface area contributed by atoms with Crippen LogP contribution in [0.5, 0.6) is 5.75 Å². The van der Waals surface area contributed by atoms with Gasteiger partial charge in [-0.25, -0.2) is 8.42 Å². The summed E-state index contributed by atoms with van der Waals surface area (Å²) >= 11 is 0. The summed E-state index contributed by atoms with van der Waals surface area (Å²) < 4.78 is 34.0. The Morgan fingerprint density at radius 3 is 2.23 bits per heavy atom. The number of methoxy groups -OCH3 is 1. The Bertz CT molecular complexity index is 1240.